The number of hydrogen-bond donors (Lipinski definition) is 0. The van der Waals surface area contributed by atoms with Crippen LogP contribution in [0.5, 0.6) is 0 Å². The quantitative estimate of drug-likeness (QED) is 0.302. The number of ether oxygens (including phenoxy) is 1. The maximum Gasteiger partial charge on any atom is 0.448 e. The van der Waals surface area contributed by atoms with Gasteiger partial charge >= 0.3 is 5.97 Å². The first-order valence-corrected chi connectivity index (χ1v) is 2.29. The Morgan fingerprint density at radius 1 is 1.75 bits per heavy atom. The highest BCUT2D eigenvalue weighted by Gasteiger charge is 2.12. The summed E-state index contributed by atoms with van der Waals surface area (Å²) in [5, 5.41) is 0. The first-order valence-electron chi connectivity index (χ1n) is 2.29. The summed E-state index contributed by atoms with van der Waals surface area (Å²) in [7, 11) is 1.33. The van der Waals surface area contributed by atoms with E-state index in [9.17, 15) is 4.79 Å². The fourth-order valence-corrected chi connectivity index (χ4v) is 0.249. The van der Waals surface area contributed by atoms with E-state index in [1.54, 1.807) is 13.3 Å². The minimum absolute atomic E-state index is 0.368. The molecule has 0 aromatic heterocycles. The topological polar surface area (TPSA) is 26.3 Å². The molecule has 0 fully saturated rings. The average Bonchev–Trinajstić information content (AvgIpc) is 1.84. The molecule has 0 saturated carbocycles. The van der Waals surface area contributed by atoms with Gasteiger partial charge in [-0.25, -0.2) is 0 Å². The fourth-order valence-electron chi connectivity index (χ4n) is 0.249. The Morgan fingerprint density at radius 3 is 2.38 bits per heavy atom. The third-order valence-corrected chi connectivity index (χ3v) is 0.796. The highest BCUT2D eigenvalue weighted by Crippen LogP contribution is 1.95. The molecule has 0 spiro atoms. The number of carbonyl (C=O) groups is 1. The normalized spacial score (nSPS) is 7.75. The van der Waals surface area contributed by atoms with Crippen molar-refractivity contribution in [2.24, 2.45) is 0 Å². The summed E-state index contributed by atoms with van der Waals surface area (Å²) in [4.78, 5) is 10.4. The zero-order chi connectivity index (χ0) is 6.57. The van der Waals surface area contributed by atoms with E-state index in [0.717, 1.165) is 0 Å². The number of esters is 1. The summed E-state index contributed by atoms with van der Waals surface area (Å²) in [6, 6.07) is 0. The van der Waals surface area contributed by atoms with Gasteiger partial charge < -0.3 is 4.74 Å². The van der Waals surface area contributed by atoms with Crippen molar-refractivity contribution in [2.75, 3.05) is 7.11 Å². The molecule has 0 amide bonds. The van der Waals surface area contributed by atoms with Gasteiger partial charge in [0.05, 0.1) is 7.11 Å². The summed E-state index contributed by atoms with van der Waals surface area (Å²) < 4.78 is 4.33. The van der Waals surface area contributed by atoms with Gasteiger partial charge in [0.1, 0.15) is 0 Å². The maximum absolute atomic E-state index is 10.4. The Bertz CT molecular complexity index is 91.1. The molecule has 0 unspecified atom stereocenters. The zero-order valence-corrected chi connectivity index (χ0v) is 5.10. The smallest absolute Gasteiger partial charge is 0.405 e. The van der Waals surface area contributed by atoms with Gasteiger partial charge in [-0.3, -0.25) is 0 Å². The highest BCUT2D eigenvalue weighted by atomic mass is 16.5. The van der Waals surface area contributed by atoms with E-state index in [-0.39, 0.29) is 5.97 Å². The Hall–Kier alpha value is -0.920. The molecule has 0 aliphatic rings. The van der Waals surface area contributed by atoms with E-state index in [4.69, 9.17) is 0 Å². The van der Waals surface area contributed by atoms with Gasteiger partial charge in [-0.1, -0.05) is 0 Å². The number of rotatable bonds is 2. The van der Waals surface area contributed by atoms with Crippen LogP contribution in [-0.4, -0.2) is 13.1 Å². The molecular formula is C6H9O2+. The van der Waals surface area contributed by atoms with Gasteiger partial charge in [0.25, 0.3) is 0 Å². The summed E-state index contributed by atoms with van der Waals surface area (Å²) in [5.41, 5.74) is 0.396. The van der Waals surface area contributed by atoms with E-state index >= 15 is 0 Å². The maximum atomic E-state index is 10.4. The molecule has 0 bridgehead atoms. The van der Waals surface area contributed by atoms with Crippen molar-refractivity contribution in [1.82, 2.24) is 0 Å². The SMILES string of the molecule is C=C([CH+]C)C(=O)OC. The Balaban J connectivity index is 3.64. The van der Waals surface area contributed by atoms with E-state index < -0.39 is 0 Å². The average molecular weight is 113 g/mol. The molecule has 0 saturated heterocycles. The van der Waals surface area contributed by atoms with Crippen LogP contribution in [-0.2, 0) is 9.53 Å². The Morgan fingerprint density at radius 2 is 2.25 bits per heavy atom. The van der Waals surface area contributed by atoms with Crippen molar-refractivity contribution in [2.45, 2.75) is 6.92 Å². The van der Waals surface area contributed by atoms with Crippen LogP contribution in [0.15, 0.2) is 12.2 Å². The van der Waals surface area contributed by atoms with Gasteiger partial charge in [0.15, 0.2) is 0 Å². The first kappa shape index (κ1) is 7.08. The summed E-state index contributed by atoms with van der Waals surface area (Å²) in [6.45, 7) is 5.15. The van der Waals surface area contributed by atoms with Gasteiger partial charge in [0, 0.05) is 19.9 Å². The Kier molecular flexibility index (Phi) is 2.77. The van der Waals surface area contributed by atoms with Crippen LogP contribution in [0.4, 0.5) is 0 Å². The van der Waals surface area contributed by atoms with E-state index in [2.05, 4.69) is 11.3 Å². The van der Waals surface area contributed by atoms with Gasteiger partial charge in [0.2, 0.25) is 5.57 Å². The fraction of sp³-hybridized carbons (Fsp3) is 0.333. The molecule has 0 atom stereocenters. The largest absolute Gasteiger partial charge is 0.448 e. The number of hydrogen-bond acceptors (Lipinski definition) is 2. The van der Waals surface area contributed by atoms with E-state index in [0.29, 0.717) is 5.57 Å². The summed E-state index contributed by atoms with van der Waals surface area (Å²) >= 11 is 0. The molecule has 2 nitrogen and oxygen atoms in total. The molecule has 0 aromatic rings. The summed E-state index contributed by atoms with van der Waals surface area (Å²) in [6.07, 6.45) is 1.60. The third kappa shape index (κ3) is 1.69. The molecular weight excluding hydrogens is 104 g/mol. The second-order valence-corrected chi connectivity index (χ2v) is 1.31. The molecule has 0 N–H and O–H groups in total. The number of methoxy groups -OCH3 is 1. The lowest BCUT2D eigenvalue weighted by Gasteiger charge is -1.86. The minimum Gasteiger partial charge on any atom is -0.405 e. The molecule has 0 aliphatic carbocycles. The van der Waals surface area contributed by atoms with Gasteiger partial charge in [-0.05, 0) is 0 Å². The van der Waals surface area contributed by atoms with Crippen LogP contribution < -0.4 is 0 Å². The lowest BCUT2D eigenvalue weighted by Crippen LogP contribution is -2.01. The van der Waals surface area contributed by atoms with Gasteiger partial charge in [-0.2, -0.15) is 4.79 Å². The lowest BCUT2D eigenvalue weighted by molar-refractivity contribution is -0.135. The molecule has 8 heavy (non-hydrogen) atoms. The van der Waals surface area contributed by atoms with Crippen LogP contribution in [0.2, 0.25) is 0 Å². The van der Waals surface area contributed by atoms with Crippen molar-refractivity contribution >= 4 is 5.97 Å². The van der Waals surface area contributed by atoms with Crippen LogP contribution >= 0.6 is 0 Å². The first-order chi connectivity index (χ1) is 3.72. The third-order valence-electron chi connectivity index (χ3n) is 0.796. The van der Waals surface area contributed by atoms with Crippen LogP contribution in [0, 0.1) is 6.42 Å². The zero-order valence-electron chi connectivity index (χ0n) is 5.10. The second-order valence-electron chi connectivity index (χ2n) is 1.31. The molecule has 44 valence electrons. The van der Waals surface area contributed by atoms with Crippen molar-refractivity contribution in [3.8, 4) is 0 Å². The number of carbonyl (C=O) groups excluding carboxylic acids is 1. The molecule has 0 aromatic carbocycles. The van der Waals surface area contributed by atoms with Crippen molar-refractivity contribution in [1.29, 1.82) is 0 Å². The van der Waals surface area contributed by atoms with Crippen molar-refractivity contribution in [3.05, 3.63) is 18.6 Å². The van der Waals surface area contributed by atoms with Crippen LogP contribution in [0.25, 0.3) is 0 Å². The van der Waals surface area contributed by atoms with Crippen LogP contribution in [0.3, 0.4) is 0 Å². The summed E-state index contributed by atoms with van der Waals surface area (Å²) in [5.74, 6) is -0.368. The molecule has 0 heterocycles. The molecule has 0 rings (SSSR count). The minimum atomic E-state index is -0.368. The van der Waals surface area contributed by atoms with E-state index in [1.807, 2.05) is 0 Å². The molecule has 2 heteroatoms. The van der Waals surface area contributed by atoms with Gasteiger partial charge in [-0.15, -0.1) is 0 Å². The second kappa shape index (κ2) is 3.13. The molecule has 0 radical (unpaired) electrons. The monoisotopic (exact) mass is 113 g/mol. The Labute approximate surface area is 49.1 Å². The highest BCUT2D eigenvalue weighted by molar-refractivity contribution is 5.89. The lowest BCUT2D eigenvalue weighted by atomic mass is 10.2. The predicted octanol–water partition coefficient (Wildman–Crippen LogP) is 0.940. The van der Waals surface area contributed by atoms with Crippen molar-refractivity contribution < 1.29 is 9.53 Å². The van der Waals surface area contributed by atoms with E-state index in [1.165, 1.54) is 7.11 Å². The predicted molar refractivity (Wildman–Crippen MR) is 31.1 cm³/mol. The van der Waals surface area contributed by atoms with Crippen LogP contribution in [0.1, 0.15) is 6.92 Å². The standard InChI is InChI=1S/C6H9O2/c1-4-5(2)6(7)8-3/h4H,2H2,1,3H3/q+1. The van der Waals surface area contributed by atoms with Crippen molar-refractivity contribution in [3.63, 3.8) is 0 Å². The molecule has 0 aliphatic heterocycles.